The number of rotatable bonds is 3. The van der Waals surface area contributed by atoms with Gasteiger partial charge in [0.05, 0.1) is 27.9 Å². The quantitative estimate of drug-likeness (QED) is 0.465. The number of likely N-dealkylation sites (N-methyl/N-ethyl adjacent to an activating group) is 1. The number of carbonyl (C=O) groups is 2. The number of hydrogen-bond acceptors (Lipinski definition) is 7. The van der Waals surface area contributed by atoms with Crippen molar-refractivity contribution in [3.05, 3.63) is 66.4 Å². The third-order valence-electron chi connectivity index (χ3n) is 7.65. The number of carbonyl (C=O) groups excluding carboxylic acids is 2. The molecule has 2 aromatic carbocycles. The van der Waals surface area contributed by atoms with Crippen molar-refractivity contribution in [2.75, 3.05) is 7.05 Å². The van der Waals surface area contributed by atoms with Crippen LogP contribution >= 0.6 is 21.6 Å². The summed E-state index contributed by atoms with van der Waals surface area (Å²) in [6.45, 7) is 3.47. The fraction of sp³-hybridized carbons (Fsp3) is 0.320. The summed E-state index contributed by atoms with van der Waals surface area (Å²) in [6.07, 6.45) is 1.67. The highest BCUT2D eigenvalue weighted by Gasteiger charge is 2.75. The predicted molar refractivity (Wildman–Crippen MR) is 138 cm³/mol. The molecule has 8 nitrogen and oxygen atoms in total. The highest BCUT2D eigenvalue weighted by molar-refractivity contribution is 8.78. The molecule has 0 aliphatic carbocycles. The molecule has 0 radical (unpaired) electrons. The van der Waals surface area contributed by atoms with E-state index in [2.05, 4.69) is 6.07 Å². The summed E-state index contributed by atoms with van der Waals surface area (Å²) >= 11 is 0. The SMILES string of the molecule is CN1C(=O)[C@@]23C[C@](C)(C#N)[C@H](c4cn(S(=O)(=O)c5ccccc5)c5ccccc45)N2C(=O)[C@@]1(C)SS3. The van der Waals surface area contributed by atoms with Gasteiger partial charge < -0.3 is 9.80 Å². The Bertz CT molecular complexity index is 1610. The molecule has 1 aromatic heterocycles. The molecule has 0 N–H and O–H groups in total. The Balaban J connectivity index is 1.62. The van der Waals surface area contributed by atoms with E-state index in [0.717, 1.165) is 0 Å². The lowest BCUT2D eigenvalue weighted by molar-refractivity contribution is -0.164. The van der Waals surface area contributed by atoms with E-state index in [0.29, 0.717) is 16.5 Å². The number of benzene rings is 2. The summed E-state index contributed by atoms with van der Waals surface area (Å²) in [5, 5.41) is 11.0. The van der Waals surface area contributed by atoms with Crippen molar-refractivity contribution in [1.29, 1.82) is 5.26 Å². The lowest BCUT2D eigenvalue weighted by Gasteiger charge is -2.57. The molecule has 2 bridgehead atoms. The lowest BCUT2D eigenvalue weighted by atomic mass is 9.79. The first kappa shape index (κ1) is 23.5. The Morgan fingerprint density at radius 2 is 1.67 bits per heavy atom. The van der Waals surface area contributed by atoms with Gasteiger partial charge in [-0.1, -0.05) is 58.0 Å². The Morgan fingerprint density at radius 1 is 1.00 bits per heavy atom. The van der Waals surface area contributed by atoms with Crippen molar-refractivity contribution in [2.24, 2.45) is 5.41 Å². The van der Waals surface area contributed by atoms with Crippen LogP contribution in [0.1, 0.15) is 31.9 Å². The molecule has 4 atom stereocenters. The van der Waals surface area contributed by atoms with E-state index >= 15 is 0 Å². The van der Waals surface area contributed by atoms with Crippen molar-refractivity contribution in [3.63, 3.8) is 0 Å². The van der Waals surface area contributed by atoms with Gasteiger partial charge in [0, 0.05) is 30.6 Å². The molecule has 1 spiro atoms. The molecule has 4 aliphatic heterocycles. The maximum atomic E-state index is 14.0. The number of para-hydroxylation sites is 1. The summed E-state index contributed by atoms with van der Waals surface area (Å²) in [4.78, 5) is 28.4. The number of fused-ring (bicyclic) bond motifs is 3. The minimum atomic E-state index is -3.96. The van der Waals surface area contributed by atoms with Crippen molar-refractivity contribution < 1.29 is 18.0 Å². The average molecular weight is 539 g/mol. The van der Waals surface area contributed by atoms with Crippen LogP contribution in [0.5, 0.6) is 0 Å². The number of amides is 2. The summed E-state index contributed by atoms with van der Waals surface area (Å²) in [5.41, 5.74) is -0.138. The third-order valence-corrected chi connectivity index (χ3v) is 13.0. The summed E-state index contributed by atoms with van der Waals surface area (Å²) < 4.78 is 28.6. The zero-order chi connectivity index (χ0) is 25.7. The number of hydrogen-bond donors (Lipinski definition) is 0. The molecular formula is C25H22N4O4S3. The van der Waals surface area contributed by atoms with Crippen LogP contribution in [-0.4, -0.2) is 50.8 Å². The van der Waals surface area contributed by atoms with Crippen molar-refractivity contribution in [2.45, 2.75) is 40.9 Å². The van der Waals surface area contributed by atoms with Gasteiger partial charge in [-0.05, 0) is 32.0 Å². The Kier molecular flexibility index (Phi) is 4.76. The van der Waals surface area contributed by atoms with Crippen molar-refractivity contribution in [3.8, 4) is 6.07 Å². The Labute approximate surface area is 216 Å². The first-order valence-electron chi connectivity index (χ1n) is 11.3. The zero-order valence-corrected chi connectivity index (χ0v) is 22.2. The molecule has 11 heteroatoms. The standard InChI is InChI=1S/C25H22N4O4S3/c1-23(15-26)14-25-22(31)27(3)24(2,34-35-25)21(30)29(25)20(23)18-13-28(19-12-8-7-11-17(18)19)36(32,33)16-9-5-4-6-10-16/h4-13,20H,14H2,1-3H3/t20-,23+,24+,25-/m0/s1. The molecule has 36 heavy (non-hydrogen) atoms. The second-order valence-electron chi connectivity index (χ2n) is 9.80. The van der Waals surface area contributed by atoms with Crippen molar-refractivity contribution >= 4 is 54.3 Å². The van der Waals surface area contributed by atoms with Crippen molar-refractivity contribution in [1.82, 2.24) is 13.8 Å². The Morgan fingerprint density at radius 3 is 2.36 bits per heavy atom. The van der Waals surface area contributed by atoms with Gasteiger partial charge in [-0.15, -0.1) is 0 Å². The molecule has 5 heterocycles. The second kappa shape index (κ2) is 7.31. The maximum absolute atomic E-state index is 14.0. The molecule has 4 saturated heterocycles. The third kappa shape index (κ3) is 2.69. The van der Waals surface area contributed by atoms with E-state index in [4.69, 9.17) is 0 Å². The fourth-order valence-corrected chi connectivity index (χ4v) is 10.7. The smallest absolute Gasteiger partial charge is 0.268 e. The highest BCUT2D eigenvalue weighted by Crippen LogP contribution is 2.69. The normalized spacial score (nSPS) is 31.7. The average Bonchev–Trinajstić information content (AvgIpc) is 3.39. The molecule has 184 valence electrons. The summed E-state index contributed by atoms with van der Waals surface area (Å²) in [5.74, 6) is -0.460. The van der Waals surface area contributed by atoms with Gasteiger partial charge in [-0.3, -0.25) is 9.59 Å². The molecule has 0 unspecified atom stereocenters. The van der Waals surface area contributed by atoms with Gasteiger partial charge in [-0.2, -0.15) is 5.26 Å². The molecule has 4 fully saturated rings. The van der Waals surface area contributed by atoms with Crippen LogP contribution in [0.15, 0.2) is 65.7 Å². The van der Waals surface area contributed by atoms with Gasteiger partial charge in [0.2, 0.25) is 0 Å². The van der Waals surface area contributed by atoms with E-state index in [1.54, 1.807) is 68.3 Å². The first-order chi connectivity index (χ1) is 17.0. The molecule has 2 amide bonds. The monoisotopic (exact) mass is 538 g/mol. The second-order valence-corrected chi connectivity index (χ2v) is 14.4. The highest BCUT2D eigenvalue weighted by atomic mass is 33.1. The minimum absolute atomic E-state index is 0.132. The summed E-state index contributed by atoms with van der Waals surface area (Å²) in [7, 11) is 0.339. The number of nitrogens with zero attached hydrogens (tertiary/aromatic N) is 4. The zero-order valence-electron chi connectivity index (χ0n) is 19.7. The number of nitriles is 1. The number of piperazine rings is 1. The van der Waals surface area contributed by atoms with Crippen LogP contribution in [0.25, 0.3) is 10.9 Å². The maximum Gasteiger partial charge on any atom is 0.268 e. The van der Waals surface area contributed by atoms with E-state index in [-0.39, 0.29) is 23.1 Å². The van der Waals surface area contributed by atoms with Crippen LogP contribution in [-0.2, 0) is 19.6 Å². The molecule has 4 aliphatic rings. The van der Waals surface area contributed by atoms with Gasteiger partial charge in [-0.25, -0.2) is 12.4 Å². The Hall–Kier alpha value is -2.94. The van der Waals surface area contributed by atoms with Gasteiger partial charge >= 0.3 is 0 Å². The summed E-state index contributed by atoms with van der Waals surface area (Å²) in [6, 6.07) is 16.8. The van der Waals surface area contributed by atoms with E-state index < -0.39 is 31.2 Å². The van der Waals surface area contributed by atoms with Crippen LogP contribution < -0.4 is 0 Å². The van der Waals surface area contributed by atoms with Gasteiger partial charge in [0.25, 0.3) is 21.8 Å². The van der Waals surface area contributed by atoms with E-state index in [9.17, 15) is 23.3 Å². The van der Waals surface area contributed by atoms with E-state index in [1.165, 1.54) is 48.8 Å². The van der Waals surface area contributed by atoms with Gasteiger partial charge in [0.15, 0.2) is 9.74 Å². The largest absolute Gasteiger partial charge is 0.319 e. The first-order valence-corrected chi connectivity index (χ1v) is 14.9. The molecular weight excluding hydrogens is 517 g/mol. The molecule has 0 saturated carbocycles. The van der Waals surface area contributed by atoms with Crippen LogP contribution in [0.4, 0.5) is 0 Å². The van der Waals surface area contributed by atoms with Gasteiger partial charge in [0.1, 0.15) is 0 Å². The molecule has 7 rings (SSSR count). The van der Waals surface area contributed by atoms with Crippen LogP contribution in [0, 0.1) is 16.7 Å². The van der Waals surface area contributed by atoms with Crippen LogP contribution in [0.2, 0.25) is 0 Å². The lowest BCUT2D eigenvalue weighted by Crippen LogP contribution is -2.73. The predicted octanol–water partition coefficient (Wildman–Crippen LogP) is 3.96. The van der Waals surface area contributed by atoms with E-state index in [1.807, 2.05) is 0 Å². The molecule has 3 aromatic rings. The number of aromatic nitrogens is 1. The fourth-order valence-electron chi connectivity index (χ4n) is 5.68. The van der Waals surface area contributed by atoms with Crippen LogP contribution in [0.3, 0.4) is 0 Å². The minimum Gasteiger partial charge on any atom is -0.319 e. The topological polar surface area (TPSA) is 103 Å².